The summed E-state index contributed by atoms with van der Waals surface area (Å²) in [6.07, 6.45) is 7.53. The highest BCUT2D eigenvalue weighted by molar-refractivity contribution is 5.90. The predicted molar refractivity (Wildman–Crippen MR) is 110 cm³/mol. The molecule has 0 bridgehead atoms. The van der Waals surface area contributed by atoms with Crippen molar-refractivity contribution in [1.82, 2.24) is 19.9 Å². The van der Waals surface area contributed by atoms with Gasteiger partial charge < -0.3 is 9.84 Å². The summed E-state index contributed by atoms with van der Waals surface area (Å²) in [6, 6.07) is 8.67. The third-order valence-corrected chi connectivity index (χ3v) is 5.42. The molecule has 29 heavy (non-hydrogen) atoms. The lowest BCUT2D eigenvalue weighted by Crippen LogP contribution is -2.22. The number of rotatable bonds is 7. The van der Waals surface area contributed by atoms with Gasteiger partial charge in [0.15, 0.2) is 5.82 Å². The summed E-state index contributed by atoms with van der Waals surface area (Å²) in [7, 11) is 0. The molecule has 7 heteroatoms. The highest BCUT2D eigenvalue weighted by Gasteiger charge is 2.25. The Morgan fingerprint density at radius 3 is 3.03 bits per heavy atom. The summed E-state index contributed by atoms with van der Waals surface area (Å²) in [5, 5.41) is 11.6. The van der Waals surface area contributed by atoms with Gasteiger partial charge >= 0.3 is 0 Å². The van der Waals surface area contributed by atoms with Crippen LogP contribution >= 0.6 is 0 Å². The summed E-state index contributed by atoms with van der Waals surface area (Å²) >= 11 is 0. The zero-order valence-corrected chi connectivity index (χ0v) is 17.0. The largest absolute Gasteiger partial charge is 0.339 e. The second-order valence-corrected chi connectivity index (χ2v) is 7.63. The number of benzene rings is 1. The van der Waals surface area contributed by atoms with E-state index in [4.69, 9.17) is 4.52 Å². The van der Waals surface area contributed by atoms with Crippen LogP contribution in [0.2, 0.25) is 0 Å². The van der Waals surface area contributed by atoms with Crippen molar-refractivity contribution in [3.05, 3.63) is 58.9 Å². The molecule has 1 unspecified atom stereocenters. The number of nitrogens with one attached hydrogen (secondary N) is 1. The van der Waals surface area contributed by atoms with Crippen LogP contribution in [0.5, 0.6) is 0 Å². The molecule has 7 nitrogen and oxygen atoms in total. The van der Waals surface area contributed by atoms with E-state index in [0.717, 1.165) is 43.5 Å². The lowest BCUT2D eigenvalue weighted by molar-refractivity contribution is -0.116. The minimum atomic E-state index is -0.0748. The maximum absolute atomic E-state index is 12.6. The standard InChI is InChI=1S/C22H27N5O2/c1-3-7-19-24-21(29-26-19)13-12-20(28)25-22-15(2)14-23-27(22)18-11-6-9-16-8-4-5-10-17(16)18/h4-5,8,10,14,18H,3,6-7,9,11-13H2,1-2H3,(H,25,28). The molecule has 0 saturated heterocycles. The first kappa shape index (κ1) is 19.4. The molecule has 0 saturated carbocycles. The molecule has 2 aromatic heterocycles. The Kier molecular flexibility index (Phi) is 5.74. The van der Waals surface area contributed by atoms with Crippen molar-refractivity contribution in [2.75, 3.05) is 5.32 Å². The fourth-order valence-corrected chi connectivity index (χ4v) is 3.95. The third kappa shape index (κ3) is 4.23. The molecule has 1 atom stereocenters. The van der Waals surface area contributed by atoms with Gasteiger partial charge in [-0.2, -0.15) is 10.1 Å². The minimum Gasteiger partial charge on any atom is -0.339 e. The number of hydrogen-bond acceptors (Lipinski definition) is 5. The van der Waals surface area contributed by atoms with Crippen LogP contribution < -0.4 is 5.32 Å². The average molecular weight is 393 g/mol. The topological polar surface area (TPSA) is 85.8 Å². The zero-order chi connectivity index (χ0) is 20.2. The molecular weight excluding hydrogens is 366 g/mol. The van der Waals surface area contributed by atoms with E-state index in [2.05, 4.69) is 51.7 Å². The summed E-state index contributed by atoms with van der Waals surface area (Å²) in [6.45, 7) is 4.04. The van der Waals surface area contributed by atoms with Gasteiger partial charge in [0, 0.05) is 24.8 Å². The van der Waals surface area contributed by atoms with Gasteiger partial charge in [0.2, 0.25) is 11.8 Å². The van der Waals surface area contributed by atoms with E-state index in [0.29, 0.717) is 24.6 Å². The number of fused-ring (bicyclic) bond motifs is 1. The SMILES string of the molecule is CCCc1noc(CCC(=O)Nc2c(C)cnn2C2CCCc3ccccc32)n1. The molecule has 1 amide bonds. The fraction of sp³-hybridized carbons (Fsp3) is 0.455. The monoisotopic (exact) mass is 393 g/mol. The number of amides is 1. The van der Waals surface area contributed by atoms with Gasteiger partial charge in [-0.1, -0.05) is 36.3 Å². The van der Waals surface area contributed by atoms with E-state index >= 15 is 0 Å². The Hall–Kier alpha value is -2.96. The molecule has 1 aliphatic carbocycles. The lowest BCUT2D eigenvalue weighted by atomic mass is 9.88. The average Bonchev–Trinajstić information content (AvgIpc) is 3.33. The number of aromatic nitrogens is 4. The van der Waals surface area contributed by atoms with Crippen LogP contribution in [0.15, 0.2) is 35.0 Å². The van der Waals surface area contributed by atoms with Crippen LogP contribution in [-0.2, 0) is 24.1 Å². The molecule has 2 heterocycles. The lowest BCUT2D eigenvalue weighted by Gasteiger charge is -2.27. The molecule has 0 aliphatic heterocycles. The van der Waals surface area contributed by atoms with E-state index in [1.54, 1.807) is 0 Å². The Labute approximate surface area is 170 Å². The molecule has 1 aromatic carbocycles. The molecule has 4 rings (SSSR count). The summed E-state index contributed by atoms with van der Waals surface area (Å²) in [5.74, 6) is 1.91. The number of aryl methyl sites for hydroxylation is 4. The van der Waals surface area contributed by atoms with Crippen LogP contribution in [0.1, 0.15) is 67.1 Å². The molecule has 3 aromatic rings. The fourth-order valence-electron chi connectivity index (χ4n) is 3.95. The molecular formula is C22H27N5O2. The van der Waals surface area contributed by atoms with Gasteiger partial charge in [0.05, 0.1) is 12.2 Å². The summed E-state index contributed by atoms with van der Waals surface area (Å²) in [5.41, 5.74) is 3.63. The van der Waals surface area contributed by atoms with Gasteiger partial charge in [0.1, 0.15) is 5.82 Å². The normalized spacial score (nSPS) is 15.9. The van der Waals surface area contributed by atoms with E-state index < -0.39 is 0 Å². The van der Waals surface area contributed by atoms with Crippen LogP contribution in [0, 0.1) is 6.92 Å². The van der Waals surface area contributed by atoms with E-state index in [-0.39, 0.29) is 11.9 Å². The Morgan fingerprint density at radius 1 is 1.31 bits per heavy atom. The van der Waals surface area contributed by atoms with E-state index in [1.165, 1.54) is 11.1 Å². The number of anilines is 1. The number of nitrogens with zero attached hydrogens (tertiary/aromatic N) is 4. The van der Waals surface area contributed by atoms with Crippen molar-refractivity contribution in [1.29, 1.82) is 0 Å². The van der Waals surface area contributed by atoms with Crippen molar-refractivity contribution in [3.8, 4) is 0 Å². The summed E-state index contributed by atoms with van der Waals surface area (Å²) in [4.78, 5) is 16.9. The molecule has 0 fully saturated rings. The number of hydrogen-bond donors (Lipinski definition) is 1. The second kappa shape index (κ2) is 8.59. The first-order valence-electron chi connectivity index (χ1n) is 10.4. The molecule has 1 aliphatic rings. The molecule has 0 radical (unpaired) electrons. The Balaban J connectivity index is 1.46. The van der Waals surface area contributed by atoms with Gasteiger partial charge in [-0.15, -0.1) is 0 Å². The first-order chi connectivity index (χ1) is 14.2. The Bertz CT molecular complexity index is 991. The zero-order valence-electron chi connectivity index (χ0n) is 17.0. The van der Waals surface area contributed by atoms with Crippen molar-refractivity contribution in [2.45, 2.75) is 64.8 Å². The Morgan fingerprint density at radius 2 is 2.17 bits per heavy atom. The minimum absolute atomic E-state index is 0.0748. The first-order valence-corrected chi connectivity index (χ1v) is 10.4. The van der Waals surface area contributed by atoms with Crippen molar-refractivity contribution in [3.63, 3.8) is 0 Å². The number of carbonyl (C=O) groups is 1. The highest BCUT2D eigenvalue weighted by atomic mass is 16.5. The molecule has 1 N–H and O–H groups in total. The van der Waals surface area contributed by atoms with Crippen LogP contribution in [0.4, 0.5) is 5.82 Å². The second-order valence-electron chi connectivity index (χ2n) is 7.63. The maximum atomic E-state index is 12.6. The van der Waals surface area contributed by atoms with Gasteiger partial charge in [0.25, 0.3) is 0 Å². The molecule has 0 spiro atoms. The van der Waals surface area contributed by atoms with Crippen molar-refractivity contribution < 1.29 is 9.32 Å². The van der Waals surface area contributed by atoms with Crippen LogP contribution in [-0.4, -0.2) is 25.8 Å². The molecule has 152 valence electrons. The van der Waals surface area contributed by atoms with E-state index in [9.17, 15) is 4.79 Å². The smallest absolute Gasteiger partial charge is 0.227 e. The van der Waals surface area contributed by atoms with Crippen LogP contribution in [0.3, 0.4) is 0 Å². The van der Waals surface area contributed by atoms with Gasteiger partial charge in [-0.3, -0.25) is 4.79 Å². The summed E-state index contributed by atoms with van der Waals surface area (Å²) < 4.78 is 7.20. The van der Waals surface area contributed by atoms with Gasteiger partial charge in [-0.25, -0.2) is 4.68 Å². The number of carbonyl (C=O) groups excluding carboxylic acids is 1. The highest BCUT2D eigenvalue weighted by Crippen LogP contribution is 2.35. The van der Waals surface area contributed by atoms with Crippen molar-refractivity contribution >= 4 is 11.7 Å². The van der Waals surface area contributed by atoms with Gasteiger partial charge in [-0.05, 0) is 43.7 Å². The van der Waals surface area contributed by atoms with Crippen LogP contribution in [0.25, 0.3) is 0 Å². The van der Waals surface area contributed by atoms with Crippen molar-refractivity contribution in [2.24, 2.45) is 0 Å². The van der Waals surface area contributed by atoms with E-state index in [1.807, 2.05) is 17.8 Å². The quantitative estimate of drug-likeness (QED) is 0.655. The predicted octanol–water partition coefficient (Wildman–Crippen LogP) is 4.02. The maximum Gasteiger partial charge on any atom is 0.227 e. The third-order valence-electron chi connectivity index (χ3n) is 5.42.